The number of hydrogen-bond donors (Lipinski definition) is 0. The van der Waals surface area contributed by atoms with Gasteiger partial charge in [-0.2, -0.15) is 5.26 Å². The van der Waals surface area contributed by atoms with Gasteiger partial charge in [0.15, 0.2) is 0 Å². The van der Waals surface area contributed by atoms with Gasteiger partial charge < -0.3 is 0 Å². The van der Waals surface area contributed by atoms with Crippen molar-refractivity contribution in [3.63, 3.8) is 0 Å². The van der Waals surface area contributed by atoms with Gasteiger partial charge in [0.2, 0.25) is 0 Å². The molecule has 0 aliphatic rings. The summed E-state index contributed by atoms with van der Waals surface area (Å²) in [6.45, 7) is 3.50. The zero-order chi connectivity index (χ0) is 6.69. The number of allylic oxidation sites excluding steroid dienone is 1. The molecule has 0 aromatic carbocycles. The van der Waals surface area contributed by atoms with E-state index in [1.807, 2.05) is 11.4 Å². The minimum Gasteiger partial charge on any atom is -0.244 e. The monoisotopic (exact) mass is 136 g/mol. The van der Waals surface area contributed by atoms with Crippen LogP contribution in [0.1, 0.15) is 5.01 Å². The fourth-order valence-corrected chi connectivity index (χ4v) is 0.981. The van der Waals surface area contributed by atoms with Crippen LogP contribution < -0.4 is 0 Å². The van der Waals surface area contributed by atoms with E-state index in [9.17, 15) is 0 Å². The Morgan fingerprint density at radius 3 is 3.11 bits per heavy atom. The van der Waals surface area contributed by atoms with Crippen molar-refractivity contribution in [1.82, 2.24) is 4.98 Å². The van der Waals surface area contributed by atoms with Crippen LogP contribution in [0, 0.1) is 11.3 Å². The van der Waals surface area contributed by atoms with E-state index < -0.39 is 0 Å². The van der Waals surface area contributed by atoms with E-state index in [1.165, 1.54) is 11.3 Å². The van der Waals surface area contributed by atoms with Gasteiger partial charge in [-0.05, 0) is 0 Å². The summed E-state index contributed by atoms with van der Waals surface area (Å²) in [7, 11) is 0. The molecule has 44 valence electrons. The van der Waals surface area contributed by atoms with Crippen LogP contribution in [-0.4, -0.2) is 4.98 Å². The number of thiazole rings is 1. The van der Waals surface area contributed by atoms with Gasteiger partial charge in [-0.25, -0.2) is 4.98 Å². The number of nitriles is 1. The molecule has 9 heavy (non-hydrogen) atoms. The van der Waals surface area contributed by atoms with Crippen LogP contribution in [-0.2, 0) is 0 Å². The van der Waals surface area contributed by atoms with Gasteiger partial charge >= 0.3 is 0 Å². The van der Waals surface area contributed by atoms with Crippen molar-refractivity contribution in [2.45, 2.75) is 0 Å². The molecule has 0 spiro atoms. The molecule has 2 nitrogen and oxygen atoms in total. The van der Waals surface area contributed by atoms with Crippen LogP contribution in [0.25, 0.3) is 5.57 Å². The Labute approximate surface area is 57.1 Å². The predicted molar refractivity (Wildman–Crippen MR) is 36.8 cm³/mol. The summed E-state index contributed by atoms with van der Waals surface area (Å²) < 4.78 is 0. The minimum absolute atomic E-state index is 0.435. The maximum absolute atomic E-state index is 8.32. The first-order valence-corrected chi connectivity index (χ1v) is 3.21. The van der Waals surface area contributed by atoms with Crippen LogP contribution in [0.2, 0.25) is 0 Å². The molecular formula is C6H4N2S. The number of nitrogens with zero attached hydrogens (tertiary/aromatic N) is 2. The molecule has 1 heterocycles. The molecule has 0 saturated carbocycles. The normalized spacial score (nSPS) is 8.33. The van der Waals surface area contributed by atoms with Crippen LogP contribution in [0.3, 0.4) is 0 Å². The van der Waals surface area contributed by atoms with E-state index in [0.717, 1.165) is 0 Å². The zero-order valence-corrected chi connectivity index (χ0v) is 5.48. The summed E-state index contributed by atoms with van der Waals surface area (Å²) in [4.78, 5) is 3.88. The van der Waals surface area contributed by atoms with E-state index in [-0.39, 0.29) is 0 Å². The highest BCUT2D eigenvalue weighted by Gasteiger charge is 1.96. The Kier molecular flexibility index (Phi) is 1.61. The summed E-state index contributed by atoms with van der Waals surface area (Å²) in [6.07, 6.45) is 1.66. The average molecular weight is 136 g/mol. The summed E-state index contributed by atoms with van der Waals surface area (Å²) in [6, 6.07) is 1.92. The van der Waals surface area contributed by atoms with Gasteiger partial charge in [-0.1, -0.05) is 6.58 Å². The van der Waals surface area contributed by atoms with Crippen molar-refractivity contribution in [3.05, 3.63) is 23.2 Å². The molecule has 0 unspecified atom stereocenters. The highest BCUT2D eigenvalue weighted by atomic mass is 32.1. The fraction of sp³-hybridized carbons (Fsp3) is 0. The Balaban J connectivity index is 2.93. The maximum atomic E-state index is 8.32. The molecule has 0 bridgehead atoms. The SMILES string of the molecule is C=C(C#N)c1nccs1. The second-order valence-electron chi connectivity index (χ2n) is 1.43. The van der Waals surface area contributed by atoms with Crippen molar-refractivity contribution >= 4 is 16.9 Å². The molecule has 0 N–H and O–H groups in total. The van der Waals surface area contributed by atoms with Gasteiger partial charge in [0.1, 0.15) is 11.1 Å². The quantitative estimate of drug-likeness (QED) is 0.551. The lowest BCUT2D eigenvalue weighted by Gasteiger charge is -1.81. The first kappa shape index (κ1) is 5.99. The second kappa shape index (κ2) is 2.42. The van der Waals surface area contributed by atoms with Crippen molar-refractivity contribution in [1.29, 1.82) is 5.26 Å². The van der Waals surface area contributed by atoms with Crippen molar-refractivity contribution in [2.24, 2.45) is 0 Å². The highest BCUT2D eigenvalue weighted by Crippen LogP contribution is 2.12. The molecule has 0 aliphatic carbocycles. The van der Waals surface area contributed by atoms with Crippen molar-refractivity contribution in [2.75, 3.05) is 0 Å². The summed E-state index contributed by atoms with van der Waals surface area (Å²) in [5.74, 6) is 0. The van der Waals surface area contributed by atoms with Gasteiger partial charge in [0.25, 0.3) is 0 Å². The molecule has 0 saturated heterocycles. The number of aromatic nitrogens is 1. The standard InChI is InChI=1S/C6H4N2S/c1-5(4-7)6-8-2-3-9-6/h2-3H,1H2. The van der Waals surface area contributed by atoms with E-state index in [2.05, 4.69) is 11.6 Å². The summed E-state index contributed by atoms with van der Waals surface area (Å²) in [5, 5.41) is 10.8. The third kappa shape index (κ3) is 1.15. The Morgan fingerprint density at radius 1 is 1.89 bits per heavy atom. The number of rotatable bonds is 1. The largest absolute Gasteiger partial charge is 0.244 e. The summed E-state index contributed by atoms with van der Waals surface area (Å²) >= 11 is 1.42. The van der Waals surface area contributed by atoms with Crippen LogP contribution in [0.15, 0.2) is 18.2 Å². The molecule has 1 aromatic heterocycles. The topological polar surface area (TPSA) is 36.7 Å². The predicted octanol–water partition coefficient (Wildman–Crippen LogP) is 1.68. The maximum Gasteiger partial charge on any atom is 0.133 e. The van der Waals surface area contributed by atoms with E-state index in [4.69, 9.17) is 5.26 Å². The summed E-state index contributed by atoms with van der Waals surface area (Å²) in [5.41, 5.74) is 0.435. The first-order chi connectivity index (χ1) is 4.34. The Hall–Kier alpha value is -1.14. The fourth-order valence-electron chi connectivity index (χ4n) is 0.420. The van der Waals surface area contributed by atoms with Gasteiger partial charge in [0.05, 0.1) is 5.57 Å². The minimum atomic E-state index is 0.435. The Morgan fingerprint density at radius 2 is 2.67 bits per heavy atom. The Bertz CT molecular complexity index is 243. The van der Waals surface area contributed by atoms with Crippen LogP contribution >= 0.6 is 11.3 Å². The lowest BCUT2D eigenvalue weighted by Crippen LogP contribution is -1.72. The van der Waals surface area contributed by atoms with Gasteiger partial charge in [-0.3, -0.25) is 0 Å². The van der Waals surface area contributed by atoms with E-state index in [1.54, 1.807) is 6.20 Å². The number of hydrogen-bond acceptors (Lipinski definition) is 3. The smallest absolute Gasteiger partial charge is 0.133 e. The molecule has 1 rings (SSSR count). The van der Waals surface area contributed by atoms with Crippen LogP contribution in [0.5, 0.6) is 0 Å². The molecular weight excluding hydrogens is 132 g/mol. The second-order valence-corrected chi connectivity index (χ2v) is 2.32. The average Bonchev–Trinajstić information content (AvgIpc) is 2.37. The molecule has 0 atom stereocenters. The third-order valence-corrected chi connectivity index (χ3v) is 1.66. The van der Waals surface area contributed by atoms with Crippen LogP contribution in [0.4, 0.5) is 0 Å². The zero-order valence-electron chi connectivity index (χ0n) is 4.66. The molecule has 0 fully saturated rings. The lowest BCUT2D eigenvalue weighted by atomic mass is 10.4. The van der Waals surface area contributed by atoms with Crippen molar-refractivity contribution < 1.29 is 0 Å². The van der Waals surface area contributed by atoms with Crippen molar-refractivity contribution in [3.8, 4) is 6.07 Å². The first-order valence-electron chi connectivity index (χ1n) is 2.33. The van der Waals surface area contributed by atoms with Gasteiger partial charge in [-0.15, -0.1) is 11.3 Å². The molecule has 0 amide bonds. The molecule has 1 aromatic rings. The lowest BCUT2D eigenvalue weighted by molar-refractivity contribution is 1.38. The highest BCUT2D eigenvalue weighted by molar-refractivity contribution is 7.10. The molecule has 3 heteroatoms. The molecule has 0 radical (unpaired) electrons. The molecule has 0 aliphatic heterocycles. The van der Waals surface area contributed by atoms with Gasteiger partial charge in [0, 0.05) is 11.6 Å². The third-order valence-electron chi connectivity index (χ3n) is 0.825. The van der Waals surface area contributed by atoms with E-state index >= 15 is 0 Å². The van der Waals surface area contributed by atoms with E-state index in [0.29, 0.717) is 10.6 Å².